The molecule has 0 amide bonds. The minimum Gasteiger partial charge on any atom is -0.326 e. The van der Waals surface area contributed by atoms with Crippen LogP contribution in [0.2, 0.25) is 0 Å². The highest BCUT2D eigenvalue weighted by molar-refractivity contribution is 5.22. The lowest BCUT2D eigenvalue weighted by Gasteiger charge is -2.37. The van der Waals surface area contributed by atoms with Crippen LogP contribution in [0.3, 0.4) is 0 Å². The zero-order valence-corrected chi connectivity index (χ0v) is 10.9. The molecule has 0 spiro atoms. The Morgan fingerprint density at radius 1 is 1.18 bits per heavy atom. The van der Waals surface area contributed by atoms with Gasteiger partial charge in [0.15, 0.2) is 0 Å². The number of piperazine rings is 1. The Morgan fingerprint density at radius 2 is 1.82 bits per heavy atom. The summed E-state index contributed by atoms with van der Waals surface area (Å²) in [5.74, 6) is 0. The Bertz CT molecular complexity index is 347. The third-order valence-electron chi connectivity index (χ3n) is 3.71. The Kier molecular flexibility index (Phi) is 4.15. The van der Waals surface area contributed by atoms with E-state index in [2.05, 4.69) is 48.0 Å². The second-order valence-corrected chi connectivity index (χ2v) is 5.09. The van der Waals surface area contributed by atoms with Crippen molar-refractivity contribution in [1.82, 2.24) is 9.80 Å². The van der Waals surface area contributed by atoms with Gasteiger partial charge in [0.1, 0.15) is 0 Å². The van der Waals surface area contributed by atoms with Gasteiger partial charge in [0, 0.05) is 38.8 Å². The molecule has 1 unspecified atom stereocenters. The standard InChI is InChI=1S/C14H23N3/c1-12-10-17(8-7-16(12)2)11-14-5-3-13(9-15)4-6-14/h3-6,12H,7-11,15H2,1-2H3. The van der Waals surface area contributed by atoms with Gasteiger partial charge >= 0.3 is 0 Å². The minimum atomic E-state index is 0.631. The van der Waals surface area contributed by atoms with E-state index >= 15 is 0 Å². The molecule has 1 atom stereocenters. The number of benzene rings is 1. The van der Waals surface area contributed by atoms with E-state index in [4.69, 9.17) is 5.73 Å². The number of rotatable bonds is 3. The van der Waals surface area contributed by atoms with Crippen LogP contribution in [0, 0.1) is 0 Å². The highest BCUT2D eigenvalue weighted by Crippen LogP contribution is 2.12. The zero-order valence-electron chi connectivity index (χ0n) is 10.9. The summed E-state index contributed by atoms with van der Waals surface area (Å²) in [6, 6.07) is 9.33. The van der Waals surface area contributed by atoms with Crippen LogP contribution in [0.1, 0.15) is 18.1 Å². The fourth-order valence-corrected chi connectivity index (χ4v) is 2.31. The Hall–Kier alpha value is -0.900. The third kappa shape index (κ3) is 3.28. The average Bonchev–Trinajstić information content (AvgIpc) is 2.35. The Balaban J connectivity index is 1.92. The number of nitrogens with zero attached hydrogens (tertiary/aromatic N) is 2. The van der Waals surface area contributed by atoms with Crippen LogP contribution in [0.4, 0.5) is 0 Å². The Labute approximate surface area is 104 Å². The molecule has 0 bridgehead atoms. The topological polar surface area (TPSA) is 32.5 Å². The summed E-state index contributed by atoms with van der Waals surface area (Å²) in [4.78, 5) is 4.95. The molecular weight excluding hydrogens is 210 g/mol. The number of hydrogen-bond acceptors (Lipinski definition) is 3. The largest absolute Gasteiger partial charge is 0.326 e. The lowest BCUT2D eigenvalue weighted by Crippen LogP contribution is -2.49. The quantitative estimate of drug-likeness (QED) is 0.853. The maximum Gasteiger partial charge on any atom is 0.0234 e. The molecule has 3 nitrogen and oxygen atoms in total. The molecule has 1 fully saturated rings. The van der Waals surface area contributed by atoms with E-state index in [1.807, 2.05) is 0 Å². The average molecular weight is 233 g/mol. The molecular formula is C14H23N3. The molecule has 0 aliphatic carbocycles. The summed E-state index contributed by atoms with van der Waals surface area (Å²) in [5.41, 5.74) is 8.20. The first-order chi connectivity index (χ1) is 8.19. The minimum absolute atomic E-state index is 0.631. The van der Waals surface area contributed by atoms with Crippen LogP contribution in [-0.4, -0.2) is 42.5 Å². The summed E-state index contributed by atoms with van der Waals surface area (Å²) in [6.45, 7) is 7.48. The first kappa shape index (κ1) is 12.6. The molecule has 1 aliphatic heterocycles. The predicted molar refractivity (Wildman–Crippen MR) is 71.7 cm³/mol. The van der Waals surface area contributed by atoms with Gasteiger partial charge in [0.25, 0.3) is 0 Å². The van der Waals surface area contributed by atoms with Crippen molar-refractivity contribution < 1.29 is 0 Å². The van der Waals surface area contributed by atoms with E-state index in [0.717, 1.165) is 13.1 Å². The van der Waals surface area contributed by atoms with Gasteiger partial charge in [-0.1, -0.05) is 24.3 Å². The van der Waals surface area contributed by atoms with Gasteiger partial charge in [0.2, 0.25) is 0 Å². The van der Waals surface area contributed by atoms with Gasteiger partial charge in [0.05, 0.1) is 0 Å². The van der Waals surface area contributed by atoms with E-state index in [-0.39, 0.29) is 0 Å². The fraction of sp³-hybridized carbons (Fsp3) is 0.571. The normalized spacial score (nSPS) is 22.9. The van der Waals surface area contributed by atoms with Gasteiger partial charge in [-0.05, 0) is 25.1 Å². The maximum atomic E-state index is 5.60. The molecule has 94 valence electrons. The SMILES string of the molecule is CC1CN(Cc2ccc(CN)cc2)CCN1C. The van der Waals surface area contributed by atoms with Crippen LogP contribution >= 0.6 is 0 Å². The number of likely N-dealkylation sites (N-methyl/N-ethyl adjacent to an activating group) is 1. The summed E-state index contributed by atoms with van der Waals surface area (Å²) in [5, 5.41) is 0. The molecule has 0 saturated carbocycles. The zero-order chi connectivity index (χ0) is 12.3. The van der Waals surface area contributed by atoms with Gasteiger partial charge < -0.3 is 10.6 Å². The molecule has 0 radical (unpaired) electrons. The first-order valence-corrected chi connectivity index (χ1v) is 6.39. The van der Waals surface area contributed by atoms with Crippen LogP contribution in [0.5, 0.6) is 0 Å². The molecule has 2 rings (SSSR count). The van der Waals surface area contributed by atoms with E-state index in [9.17, 15) is 0 Å². The summed E-state index contributed by atoms with van der Waals surface area (Å²) < 4.78 is 0. The lowest BCUT2D eigenvalue weighted by molar-refractivity contribution is 0.1000. The van der Waals surface area contributed by atoms with Crippen molar-refractivity contribution in [2.45, 2.75) is 26.1 Å². The number of hydrogen-bond donors (Lipinski definition) is 1. The summed E-state index contributed by atoms with van der Waals surface area (Å²) in [7, 11) is 2.21. The van der Waals surface area contributed by atoms with Crippen molar-refractivity contribution >= 4 is 0 Å². The molecule has 0 aromatic heterocycles. The van der Waals surface area contributed by atoms with Gasteiger partial charge in [-0.15, -0.1) is 0 Å². The van der Waals surface area contributed by atoms with Crippen LogP contribution in [-0.2, 0) is 13.1 Å². The van der Waals surface area contributed by atoms with E-state index in [0.29, 0.717) is 12.6 Å². The Morgan fingerprint density at radius 3 is 2.41 bits per heavy atom. The first-order valence-electron chi connectivity index (χ1n) is 6.39. The summed E-state index contributed by atoms with van der Waals surface area (Å²) in [6.07, 6.45) is 0. The smallest absolute Gasteiger partial charge is 0.0234 e. The van der Waals surface area contributed by atoms with Crippen molar-refractivity contribution in [2.75, 3.05) is 26.7 Å². The second kappa shape index (κ2) is 5.63. The molecule has 1 aromatic carbocycles. The molecule has 1 aromatic rings. The summed E-state index contributed by atoms with van der Waals surface area (Å²) >= 11 is 0. The van der Waals surface area contributed by atoms with Crippen molar-refractivity contribution in [3.05, 3.63) is 35.4 Å². The molecule has 1 saturated heterocycles. The second-order valence-electron chi connectivity index (χ2n) is 5.09. The van der Waals surface area contributed by atoms with E-state index in [1.54, 1.807) is 0 Å². The monoisotopic (exact) mass is 233 g/mol. The molecule has 3 heteroatoms. The third-order valence-corrected chi connectivity index (χ3v) is 3.71. The predicted octanol–water partition coefficient (Wildman–Crippen LogP) is 1.28. The van der Waals surface area contributed by atoms with Crippen LogP contribution in [0.25, 0.3) is 0 Å². The van der Waals surface area contributed by atoms with E-state index in [1.165, 1.54) is 24.2 Å². The van der Waals surface area contributed by atoms with Gasteiger partial charge in [-0.2, -0.15) is 0 Å². The highest BCUT2D eigenvalue weighted by Gasteiger charge is 2.20. The van der Waals surface area contributed by atoms with Crippen molar-refractivity contribution in [2.24, 2.45) is 5.73 Å². The van der Waals surface area contributed by atoms with Crippen molar-refractivity contribution in [3.8, 4) is 0 Å². The fourth-order valence-electron chi connectivity index (χ4n) is 2.31. The van der Waals surface area contributed by atoms with E-state index < -0.39 is 0 Å². The van der Waals surface area contributed by atoms with Gasteiger partial charge in [-0.3, -0.25) is 4.90 Å². The maximum absolute atomic E-state index is 5.60. The van der Waals surface area contributed by atoms with Crippen molar-refractivity contribution in [1.29, 1.82) is 0 Å². The molecule has 17 heavy (non-hydrogen) atoms. The molecule has 2 N–H and O–H groups in total. The highest BCUT2D eigenvalue weighted by atomic mass is 15.3. The van der Waals surface area contributed by atoms with Gasteiger partial charge in [-0.25, -0.2) is 0 Å². The van der Waals surface area contributed by atoms with Crippen molar-refractivity contribution in [3.63, 3.8) is 0 Å². The number of nitrogens with two attached hydrogens (primary N) is 1. The van der Waals surface area contributed by atoms with Crippen LogP contribution in [0.15, 0.2) is 24.3 Å². The molecule has 1 heterocycles. The molecule has 1 aliphatic rings. The lowest BCUT2D eigenvalue weighted by atomic mass is 10.1. The van der Waals surface area contributed by atoms with Crippen LogP contribution < -0.4 is 5.73 Å².